The maximum atomic E-state index is 14.5. The molecule has 4 aromatic rings. The van der Waals surface area contributed by atoms with Gasteiger partial charge in [0.2, 0.25) is 11.8 Å². The van der Waals surface area contributed by atoms with Gasteiger partial charge in [0.25, 0.3) is 10.0 Å². The zero-order valence-corrected chi connectivity index (χ0v) is 28.0. The Labute approximate surface area is 275 Å². The maximum Gasteiger partial charge on any atom is 0.264 e. The van der Waals surface area contributed by atoms with Gasteiger partial charge in [-0.25, -0.2) is 8.42 Å². The van der Waals surface area contributed by atoms with Crippen molar-refractivity contribution < 1.29 is 18.0 Å². The van der Waals surface area contributed by atoms with Crippen LogP contribution in [-0.2, 0) is 32.6 Å². The third kappa shape index (κ3) is 9.33. The standard InChI is InChI=1S/C35H37Cl2N3O4S/c1-25-12-11-15-27(18-25)23-39(32(34(42)38-35(2,3)4)19-26-13-7-5-8-14-26)33(41)24-40(30-21-28(36)20-29(37)22-30)45(43,44)31-16-9-6-10-17-31/h5-18,20-22,32H,19,23-24H2,1-4H3,(H,38,42)/t32-/m0/s1. The molecule has 0 spiro atoms. The van der Waals surface area contributed by atoms with Crippen LogP contribution in [0.4, 0.5) is 5.69 Å². The summed E-state index contributed by atoms with van der Waals surface area (Å²) >= 11 is 12.6. The highest BCUT2D eigenvalue weighted by molar-refractivity contribution is 7.92. The molecule has 0 heterocycles. The van der Waals surface area contributed by atoms with Crippen LogP contribution in [0.25, 0.3) is 0 Å². The van der Waals surface area contributed by atoms with Gasteiger partial charge < -0.3 is 10.2 Å². The quantitative estimate of drug-likeness (QED) is 0.186. The van der Waals surface area contributed by atoms with E-state index in [0.717, 1.165) is 21.0 Å². The Balaban J connectivity index is 1.84. The molecule has 1 atom stereocenters. The van der Waals surface area contributed by atoms with Gasteiger partial charge in [0.05, 0.1) is 10.6 Å². The third-order valence-corrected chi connectivity index (χ3v) is 9.17. The molecule has 0 aromatic heterocycles. The predicted octanol–water partition coefficient (Wildman–Crippen LogP) is 7.05. The zero-order valence-electron chi connectivity index (χ0n) is 25.7. The van der Waals surface area contributed by atoms with Crippen molar-refractivity contribution in [3.05, 3.63) is 130 Å². The number of amides is 2. The van der Waals surface area contributed by atoms with Gasteiger partial charge in [0.1, 0.15) is 12.6 Å². The first kappa shape index (κ1) is 34.0. The number of aryl methyl sites for hydroxylation is 1. The maximum absolute atomic E-state index is 14.5. The molecule has 0 radical (unpaired) electrons. The number of benzene rings is 4. The fourth-order valence-corrected chi connectivity index (χ4v) is 6.88. The Bertz CT molecular complexity index is 1720. The van der Waals surface area contributed by atoms with Crippen molar-refractivity contribution in [3.8, 4) is 0 Å². The van der Waals surface area contributed by atoms with Gasteiger partial charge in [-0.15, -0.1) is 0 Å². The molecule has 4 aromatic carbocycles. The third-order valence-electron chi connectivity index (χ3n) is 6.95. The van der Waals surface area contributed by atoms with E-state index in [4.69, 9.17) is 23.2 Å². The van der Waals surface area contributed by atoms with Crippen LogP contribution >= 0.6 is 23.2 Å². The summed E-state index contributed by atoms with van der Waals surface area (Å²) < 4.78 is 29.2. The average molecular weight is 667 g/mol. The van der Waals surface area contributed by atoms with Crippen molar-refractivity contribution >= 4 is 50.7 Å². The van der Waals surface area contributed by atoms with Gasteiger partial charge in [-0.3, -0.25) is 13.9 Å². The van der Waals surface area contributed by atoms with E-state index in [2.05, 4.69) is 5.32 Å². The Kier molecular flexibility index (Phi) is 11.0. The van der Waals surface area contributed by atoms with E-state index in [1.807, 2.05) is 82.3 Å². The van der Waals surface area contributed by atoms with E-state index < -0.39 is 34.1 Å². The summed E-state index contributed by atoms with van der Waals surface area (Å²) in [6, 6.07) is 28.3. The van der Waals surface area contributed by atoms with Crippen LogP contribution in [0, 0.1) is 6.92 Å². The number of nitrogens with one attached hydrogen (secondary N) is 1. The lowest BCUT2D eigenvalue weighted by Gasteiger charge is -2.35. The minimum absolute atomic E-state index is 0.00885. The molecule has 4 rings (SSSR count). The smallest absolute Gasteiger partial charge is 0.264 e. The molecular formula is C35H37Cl2N3O4S. The lowest BCUT2D eigenvalue weighted by Crippen LogP contribution is -2.56. The van der Waals surface area contributed by atoms with E-state index in [0.29, 0.717) is 0 Å². The van der Waals surface area contributed by atoms with Crippen LogP contribution in [0.3, 0.4) is 0 Å². The SMILES string of the molecule is Cc1cccc(CN(C(=O)CN(c2cc(Cl)cc(Cl)c2)S(=O)(=O)c2ccccc2)[C@@H](Cc2ccccc2)C(=O)NC(C)(C)C)c1. The number of carbonyl (C=O) groups excluding carboxylic acids is 2. The van der Waals surface area contributed by atoms with Crippen LogP contribution in [0.5, 0.6) is 0 Å². The molecule has 0 saturated carbocycles. The van der Waals surface area contributed by atoms with E-state index in [-0.39, 0.29) is 39.5 Å². The number of anilines is 1. The van der Waals surface area contributed by atoms with Gasteiger partial charge in [-0.05, 0) is 69.2 Å². The topological polar surface area (TPSA) is 86.8 Å². The lowest BCUT2D eigenvalue weighted by molar-refractivity contribution is -0.140. The number of halogens is 2. The van der Waals surface area contributed by atoms with Gasteiger partial charge >= 0.3 is 0 Å². The number of sulfonamides is 1. The van der Waals surface area contributed by atoms with Gasteiger partial charge in [-0.2, -0.15) is 0 Å². The Hall–Kier alpha value is -3.85. The van der Waals surface area contributed by atoms with E-state index in [9.17, 15) is 18.0 Å². The number of hydrogen-bond donors (Lipinski definition) is 1. The Morgan fingerprint density at radius 1 is 0.800 bits per heavy atom. The lowest BCUT2D eigenvalue weighted by atomic mass is 10.0. The van der Waals surface area contributed by atoms with E-state index in [1.54, 1.807) is 18.2 Å². The molecule has 0 aliphatic heterocycles. The van der Waals surface area contributed by atoms with Crippen LogP contribution in [-0.4, -0.2) is 43.3 Å². The van der Waals surface area contributed by atoms with Crippen LogP contribution in [0.2, 0.25) is 10.0 Å². The van der Waals surface area contributed by atoms with Crippen LogP contribution in [0.1, 0.15) is 37.5 Å². The summed E-state index contributed by atoms with van der Waals surface area (Å²) in [5.41, 5.74) is 2.18. The second kappa shape index (κ2) is 14.5. The number of rotatable bonds is 11. The zero-order chi connectivity index (χ0) is 32.8. The summed E-state index contributed by atoms with van der Waals surface area (Å²) in [5, 5.41) is 3.45. The number of hydrogen-bond acceptors (Lipinski definition) is 4. The molecule has 7 nitrogen and oxygen atoms in total. The summed E-state index contributed by atoms with van der Waals surface area (Å²) in [6.07, 6.45) is 0.217. The number of carbonyl (C=O) groups is 2. The van der Waals surface area contributed by atoms with Crippen molar-refractivity contribution in [2.75, 3.05) is 10.8 Å². The van der Waals surface area contributed by atoms with Crippen molar-refractivity contribution in [2.45, 2.75) is 57.1 Å². The molecule has 10 heteroatoms. The van der Waals surface area contributed by atoms with Crippen LogP contribution < -0.4 is 9.62 Å². The average Bonchev–Trinajstić information content (AvgIpc) is 2.97. The first-order valence-corrected chi connectivity index (χ1v) is 16.7. The van der Waals surface area contributed by atoms with Crippen molar-refractivity contribution in [1.82, 2.24) is 10.2 Å². The molecular weight excluding hydrogens is 629 g/mol. The molecule has 1 N–H and O–H groups in total. The highest BCUT2D eigenvalue weighted by Crippen LogP contribution is 2.30. The summed E-state index contributed by atoms with van der Waals surface area (Å²) in [5.74, 6) is -0.923. The highest BCUT2D eigenvalue weighted by atomic mass is 35.5. The minimum atomic E-state index is -4.26. The summed E-state index contributed by atoms with van der Waals surface area (Å²) in [4.78, 5) is 29.9. The molecule has 236 valence electrons. The largest absolute Gasteiger partial charge is 0.350 e. The van der Waals surface area contributed by atoms with Gasteiger partial charge in [0, 0.05) is 28.5 Å². The van der Waals surface area contributed by atoms with Crippen LogP contribution in [0.15, 0.2) is 108 Å². The molecule has 0 aliphatic carbocycles. The first-order valence-electron chi connectivity index (χ1n) is 14.5. The first-order chi connectivity index (χ1) is 21.2. The molecule has 0 bridgehead atoms. The molecule has 0 aliphatic rings. The monoisotopic (exact) mass is 665 g/mol. The minimum Gasteiger partial charge on any atom is -0.350 e. The van der Waals surface area contributed by atoms with Gasteiger partial charge in [0.15, 0.2) is 0 Å². The molecule has 2 amide bonds. The van der Waals surface area contributed by atoms with E-state index >= 15 is 0 Å². The summed E-state index contributed by atoms with van der Waals surface area (Å²) in [6.45, 7) is 7.02. The Morgan fingerprint density at radius 2 is 1.38 bits per heavy atom. The van der Waals surface area contributed by atoms with Crippen molar-refractivity contribution in [1.29, 1.82) is 0 Å². The molecule has 0 saturated heterocycles. The molecule has 0 unspecified atom stereocenters. The van der Waals surface area contributed by atoms with E-state index in [1.165, 1.54) is 35.2 Å². The Morgan fingerprint density at radius 3 is 1.96 bits per heavy atom. The second-order valence-corrected chi connectivity index (χ2v) is 14.6. The molecule has 45 heavy (non-hydrogen) atoms. The second-order valence-electron chi connectivity index (χ2n) is 11.9. The normalized spacial score (nSPS) is 12.3. The van der Waals surface area contributed by atoms with Gasteiger partial charge in [-0.1, -0.05) is 102 Å². The number of nitrogens with zero attached hydrogens (tertiary/aromatic N) is 2. The van der Waals surface area contributed by atoms with Crippen molar-refractivity contribution in [3.63, 3.8) is 0 Å². The molecule has 0 fully saturated rings. The highest BCUT2D eigenvalue weighted by Gasteiger charge is 2.35. The predicted molar refractivity (Wildman–Crippen MR) is 181 cm³/mol. The fraction of sp³-hybridized carbons (Fsp3) is 0.257. The van der Waals surface area contributed by atoms with Crippen molar-refractivity contribution in [2.24, 2.45) is 0 Å². The fourth-order valence-electron chi connectivity index (χ4n) is 4.95. The summed E-state index contributed by atoms with van der Waals surface area (Å²) in [7, 11) is -4.26.